The molecule has 1 fully saturated rings. The molecule has 2 N–H and O–H groups in total. The third-order valence-corrected chi connectivity index (χ3v) is 4.05. The summed E-state index contributed by atoms with van der Waals surface area (Å²) in [5.74, 6) is 2.97. The Kier molecular flexibility index (Phi) is 5.71. The number of hydrogen-bond donors (Lipinski definition) is 2. The molecule has 0 unspecified atom stereocenters. The second kappa shape index (κ2) is 8.16. The summed E-state index contributed by atoms with van der Waals surface area (Å²) in [7, 11) is 0. The lowest BCUT2D eigenvalue weighted by atomic mass is 10.2. The van der Waals surface area contributed by atoms with Gasteiger partial charge in [-0.05, 0) is 25.0 Å². The quantitative estimate of drug-likeness (QED) is 0.839. The second-order valence-electron chi connectivity index (χ2n) is 6.70. The molecule has 25 heavy (non-hydrogen) atoms. The average Bonchev–Trinajstić information content (AvgIpc) is 2.61. The number of benzene rings is 1. The largest absolute Gasteiger partial charge is 0.378 e. The standard InChI is InChI=1S/C19H27N5O/c1-14(2)13-20-18-12-19(22-15(3)21-18)23-16-6-4-5-7-17(16)24-8-10-25-11-9-24/h4-7,12,14H,8-11,13H2,1-3H3,(H2,20,21,22,23). The van der Waals surface area contributed by atoms with Crippen molar-refractivity contribution in [3.05, 3.63) is 36.2 Å². The van der Waals surface area contributed by atoms with Gasteiger partial charge in [0.15, 0.2) is 0 Å². The summed E-state index contributed by atoms with van der Waals surface area (Å²) in [6.07, 6.45) is 0. The van der Waals surface area contributed by atoms with Crippen molar-refractivity contribution in [2.45, 2.75) is 20.8 Å². The Hall–Kier alpha value is -2.34. The van der Waals surface area contributed by atoms with E-state index >= 15 is 0 Å². The minimum Gasteiger partial charge on any atom is -0.378 e. The Labute approximate surface area is 149 Å². The number of aromatic nitrogens is 2. The summed E-state index contributed by atoms with van der Waals surface area (Å²) < 4.78 is 5.47. The van der Waals surface area contributed by atoms with E-state index in [2.05, 4.69) is 57.5 Å². The Morgan fingerprint density at radius 1 is 1.12 bits per heavy atom. The predicted octanol–water partition coefficient (Wildman–Crippen LogP) is 3.43. The Bertz CT molecular complexity index is 698. The van der Waals surface area contributed by atoms with E-state index in [9.17, 15) is 0 Å². The first-order valence-corrected chi connectivity index (χ1v) is 8.90. The number of hydrogen-bond acceptors (Lipinski definition) is 6. The van der Waals surface area contributed by atoms with Crippen LogP contribution in [-0.4, -0.2) is 42.8 Å². The molecule has 1 aliphatic rings. The number of nitrogens with zero attached hydrogens (tertiary/aromatic N) is 3. The highest BCUT2D eigenvalue weighted by atomic mass is 16.5. The van der Waals surface area contributed by atoms with Crippen molar-refractivity contribution in [1.29, 1.82) is 0 Å². The number of anilines is 4. The molecule has 3 rings (SSSR count). The van der Waals surface area contributed by atoms with E-state index in [1.807, 2.05) is 19.1 Å². The summed E-state index contributed by atoms with van der Waals surface area (Å²) in [4.78, 5) is 11.4. The van der Waals surface area contributed by atoms with Crippen LogP contribution < -0.4 is 15.5 Å². The van der Waals surface area contributed by atoms with Crippen LogP contribution in [0, 0.1) is 12.8 Å². The lowest BCUT2D eigenvalue weighted by molar-refractivity contribution is 0.123. The maximum Gasteiger partial charge on any atom is 0.136 e. The molecule has 0 amide bonds. The van der Waals surface area contributed by atoms with Gasteiger partial charge >= 0.3 is 0 Å². The van der Waals surface area contributed by atoms with Gasteiger partial charge in [-0.15, -0.1) is 0 Å². The van der Waals surface area contributed by atoms with E-state index in [-0.39, 0.29) is 0 Å². The van der Waals surface area contributed by atoms with Crippen LogP contribution in [-0.2, 0) is 4.74 Å². The van der Waals surface area contributed by atoms with Crippen molar-refractivity contribution in [1.82, 2.24) is 9.97 Å². The fraction of sp³-hybridized carbons (Fsp3) is 0.474. The summed E-state index contributed by atoms with van der Waals surface area (Å²) in [6, 6.07) is 10.3. The predicted molar refractivity (Wildman–Crippen MR) is 103 cm³/mol. The molecule has 2 heterocycles. The topological polar surface area (TPSA) is 62.3 Å². The molecule has 0 saturated carbocycles. The zero-order chi connectivity index (χ0) is 17.6. The molecule has 1 aromatic heterocycles. The van der Waals surface area contributed by atoms with Crippen LogP contribution in [0.25, 0.3) is 0 Å². The fourth-order valence-corrected chi connectivity index (χ4v) is 2.83. The average molecular weight is 341 g/mol. The minimum atomic E-state index is 0.564. The SMILES string of the molecule is Cc1nc(NCC(C)C)cc(Nc2ccccc2N2CCOCC2)n1. The normalized spacial score (nSPS) is 14.6. The molecule has 1 aromatic carbocycles. The van der Waals surface area contributed by atoms with Crippen LogP contribution in [0.3, 0.4) is 0 Å². The van der Waals surface area contributed by atoms with Crippen molar-refractivity contribution in [3.63, 3.8) is 0 Å². The third-order valence-electron chi connectivity index (χ3n) is 4.05. The van der Waals surface area contributed by atoms with Crippen LogP contribution >= 0.6 is 0 Å². The van der Waals surface area contributed by atoms with E-state index < -0.39 is 0 Å². The molecule has 0 spiro atoms. The first kappa shape index (κ1) is 17.5. The molecular weight excluding hydrogens is 314 g/mol. The first-order valence-electron chi connectivity index (χ1n) is 8.90. The number of para-hydroxylation sites is 2. The third kappa shape index (κ3) is 4.82. The maximum absolute atomic E-state index is 5.47. The number of nitrogens with one attached hydrogen (secondary N) is 2. The van der Waals surface area contributed by atoms with Crippen LogP contribution in [0.5, 0.6) is 0 Å². The van der Waals surface area contributed by atoms with Gasteiger partial charge in [0.1, 0.15) is 17.5 Å². The van der Waals surface area contributed by atoms with Gasteiger partial charge in [0.25, 0.3) is 0 Å². The highest BCUT2D eigenvalue weighted by Crippen LogP contribution is 2.29. The van der Waals surface area contributed by atoms with Crippen LogP contribution in [0.2, 0.25) is 0 Å². The van der Waals surface area contributed by atoms with E-state index in [0.717, 1.165) is 56.0 Å². The molecule has 1 saturated heterocycles. The Morgan fingerprint density at radius 2 is 1.84 bits per heavy atom. The second-order valence-corrected chi connectivity index (χ2v) is 6.70. The van der Waals surface area contributed by atoms with Crippen LogP contribution in [0.15, 0.2) is 30.3 Å². The molecule has 0 aliphatic carbocycles. The zero-order valence-corrected chi connectivity index (χ0v) is 15.2. The number of aryl methyl sites for hydroxylation is 1. The zero-order valence-electron chi connectivity index (χ0n) is 15.2. The van der Waals surface area contributed by atoms with Crippen molar-refractivity contribution >= 4 is 23.0 Å². The van der Waals surface area contributed by atoms with Gasteiger partial charge < -0.3 is 20.3 Å². The Balaban J connectivity index is 1.80. The highest BCUT2D eigenvalue weighted by molar-refractivity contribution is 5.75. The van der Waals surface area contributed by atoms with E-state index in [1.165, 1.54) is 5.69 Å². The molecule has 0 atom stereocenters. The van der Waals surface area contributed by atoms with Gasteiger partial charge in [0, 0.05) is 25.7 Å². The van der Waals surface area contributed by atoms with Gasteiger partial charge in [-0.3, -0.25) is 0 Å². The molecule has 0 radical (unpaired) electrons. The van der Waals surface area contributed by atoms with Crippen molar-refractivity contribution < 1.29 is 4.74 Å². The van der Waals surface area contributed by atoms with E-state index in [4.69, 9.17) is 4.74 Å². The molecule has 134 valence electrons. The van der Waals surface area contributed by atoms with Gasteiger partial charge in [-0.1, -0.05) is 26.0 Å². The lowest BCUT2D eigenvalue weighted by Crippen LogP contribution is -2.36. The number of ether oxygens (including phenoxy) is 1. The van der Waals surface area contributed by atoms with Gasteiger partial charge in [0.2, 0.25) is 0 Å². The molecule has 0 bridgehead atoms. The Morgan fingerprint density at radius 3 is 2.60 bits per heavy atom. The molecule has 6 nitrogen and oxygen atoms in total. The van der Waals surface area contributed by atoms with E-state index in [0.29, 0.717) is 5.92 Å². The summed E-state index contributed by atoms with van der Waals surface area (Å²) in [5, 5.41) is 6.84. The lowest BCUT2D eigenvalue weighted by Gasteiger charge is -2.30. The van der Waals surface area contributed by atoms with Crippen LogP contribution in [0.4, 0.5) is 23.0 Å². The molecule has 2 aromatic rings. The van der Waals surface area contributed by atoms with E-state index in [1.54, 1.807) is 0 Å². The van der Waals surface area contributed by atoms with Crippen molar-refractivity contribution in [2.24, 2.45) is 5.92 Å². The van der Waals surface area contributed by atoms with Gasteiger partial charge in [0.05, 0.1) is 24.6 Å². The fourth-order valence-electron chi connectivity index (χ4n) is 2.83. The monoisotopic (exact) mass is 341 g/mol. The molecule has 1 aliphatic heterocycles. The van der Waals surface area contributed by atoms with Crippen LogP contribution in [0.1, 0.15) is 19.7 Å². The number of rotatable bonds is 6. The summed E-state index contributed by atoms with van der Waals surface area (Å²) in [5.41, 5.74) is 2.23. The van der Waals surface area contributed by atoms with Crippen molar-refractivity contribution in [2.75, 3.05) is 48.4 Å². The smallest absolute Gasteiger partial charge is 0.136 e. The first-order chi connectivity index (χ1) is 12.1. The summed E-state index contributed by atoms with van der Waals surface area (Å²) >= 11 is 0. The molecule has 6 heteroatoms. The van der Waals surface area contributed by atoms with Gasteiger partial charge in [-0.2, -0.15) is 0 Å². The van der Waals surface area contributed by atoms with Crippen molar-refractivity contribution in [3.8, 4) is 0 Å². The number of morpholine rings is 1. The summed E-state index contributed by atoms with van der Waals surface area (Å²) in [6.45, 7) is 10.5. The highest BCUT2D eigenvalue weighted by Gasteiger charge is 2.15. The molecular formula is C19H27N5O. The maximum atomic E-state index is 5.47. The minimum absolute atomic E-state index is 0.564. The van der Waals surface area contributed by atoms with Gasteiger partial charge in [-0.25, -0.2) is 9.97 Å².